The molecule has 0 unspecified atom stereocenters. The Morgan fingerprint density at radius 2 is 2.10 bits per heavy atom. The molecule has 21 heavy (non-hydrogen) atoms. The molecule has 1 N–H and O–H groups in total. The highest BCUT2D eigenvalue weighted by atomic mass is 35.5. The van der Waals surface area contributed by atoms with Crippen LogP contribution in [0.2, 0.25) is 5.02 Å². The third kappa shape index (κ3) is 3.44. The minimum atomic E-state index is -1.12. The molecular formula is C15H12ClFO4. The third-order valence-corrected chi connectivity index (χ3v) is 3.09. The van der Waals surface area contributed by atoms with E-state index >= 15 is 0 Å². The molecule has 0 saturated heterocycles. The fourth-order valence-corrected chi connectivity index (χ4v) is 1.98. The number of hydrogen-bond donors (Lipinski definition) is 1. The first-order chi connectivity index (χ1) is 10.0. The molecule has 0 aliphatic carbocycles. The second-order valence-corrected chi connectivity index (χ2v) is 4.59. The predicted molar refractivity (Wildman–Crippen MR) is 75.7 cm³/mol. The highest BCUT2D eigenvalue weighted by molar-refractivity contribution is 6.30. The van der Waals surface area contributed by atoms with E-state index in [-0.39, 0.29) is 22.9 Å². The Morgan fingerprint density at radius 3 is 2.71 bits per heavy atom. The van der Waals surface area contributed by atoms with Crippen LogP contribution in [0, 0.1) is 5.82 Å². The first kappa shape index (κ1) is 15.1. The highest BCUT2D eigenvalue weighted by Crippen LogP contribution is 2.32. The number of benzene rings is 2. The molecule has 6 heteroatoms. The number of carbonyl (C=O) groups is 1. The van der Waals surface area contributed by atoms with Crippen molar-refractivity contribution in [3.8, 4) is 11.5 Å². The van der Waals surface area contributed by atoms with Crippen LogP contribution in [-0.4, -0.2) is 18.2 Å². The van der Waals surface area contributed by atoms with E-state index in [0.29, 0.717) is 11.3 Å². The van der Waals surface area contributed by atoms with Crippen LogP contribution in [0.5, 0.6) is 11.5 Å². The molecule has 0 aromatic heterocycles. The van der Waals surface area contributed by atoms with Gasteiger partial charge >= 0.3 is 5.97 Å². The average molecular weight is 311 g/mol. The lowest BCUT2D eigenvalue weighted by Crippen LogP contribution is -2.05. The van der Waals surface area contributed by atoms with Gasteiger partial charge in [0.1, 0.15) is 18.0 Å². The fraction of sp³-hybridized carbons (Fsp3) is 0.133. The molecule has 0 bridgehead atoms. The van der Waals surface area contributed by atoms with Gasteiger partial charge in [-0.25, -0.2) is 9.18 Å². The summed E-state index contributed by atoms with van der Waals surface area (Å²) in [5.74, 6) is -1.22. The molecule has 110 valence electrons. The van der Waals surface area contributed by atoms with Gasteiger partial charge in [-0.05, 0) is 29.8 Å². The molecule has 0 fully saturated rings. The van der Waals surface area contributed by atoms with Crippen LogP contribution in [0.1, 0.15) is 15.9 Å². The molecule has 0 aliphatic rings. The normalized spacial score (nSPS) is 10.2. The van der Waals surface area contributed by atoms with Gasteiger partial charge in [0.15, 0.2) is 11.5 Å². The molecular weight excluding hydrogens is 299 g/mol. The SMILES string of the molecule is COc1cccc(C(=O)O)c1OCc1ccc(F)c(Cl)c1. The second kappa shape index (κ2) is 6.45. The Labute approximate surface area is 125 Å². The van der Waals surface area contributed by atoms with Crippen molar-refractivity contribution in [3.63, 3.8) is 0 Å². The number of carboxylic acids is 1. The van der Waals surface area contributed by atoms with Gasteiger partial charge in [0.25, 0.3) is 0 Å². The summed E-state index contributed by atoms with van der Waals surface area (Å²) in [5.41, 5.74) is 0.603. The number of para-hydroxylation sites is 1. The van der Waals surface area contributed by atoms with Crippen molar-refractivity contribution in [2.24, 2.45) is 0 Å². The predicted octanol–water partition coefficient (Wildman–Crippen LogP) is 3.76. The van der Waals surface area contributed by atoms with Crippen LogP contribution in [0.25, 0.3) is 0 Å². The highest BCUT2D eigenvalue weighted by Gasteiger charge is 2.16. The Morgan fingerprint density at radius 1 is 1.33 bits per heavy atom. The first-order valence-electron chi connectivity index (χ1n) is 6.00. The van der Waals surface area contributed by atoms with Gasteiger partial charge in [0.2, 0.25) is 0 Å². The Kier molecular flexibility index (Phi) is 4.65. The maximum Gasteiger partial charge on any atom is 0.339 e. The molecule has 0 atom stereocenters. The van der Waals surface area contributed by atoms with Crippen LogP contribution >= 0.6 is 11.6 Å². The topological polar surface area (TPSA) is 55.8 Å². The van der Waals surface area contributed by atoms with Crippen molar-refractivity contribution >= 4 is 17.6 Å². The van der Waals surface area contributed by atoms with Gasteiger partial charge in [-0.1, -0.05) is 23.7 Å². The number of halogens is 2. The maximum absolute atomic E-state index is 13.1. The summed E-state index contributed by atoms with van der Waals surface area (Å²) in [6, 6.07) is 8.73. The molecule has 2 aromatic rings. The summed E-state index contributed by atoms with van der Waals surface area (Å²) >= 11 is 5.69. The smallest absolute Gasteiger partial charge is 0.339 e. The first-order valence-corrected chi connectivity index (χ1v) is 6.37. The quantitative estimate of drug-likeness (QED) is 0.913. The van der Waals surface area contributed by atoms with Gasteiger partial charge in [-0.2, -0.15) is 0 Å². The van der Waals surface area contributed by atoms with Crippen LogP contribution in [0.3, 0.4) is 0 Å². The van der Waals surface area contributed by atoms with Crippen molar-refractivity contribution in [1.29, 1.82) is 0 Å². The number of aromatic carboxylic acids is 1. The summed E-state index contributed by atoms with van der Waals surface area (Å²) in [7, 11) is 1.42. The summed E-state index contributed by atoms with van der Waals surface area (Å²) in [4.78, 5) is 11.2. The van der Waals surface area contributed by atoms with E-state index in [2.05, 4.69) is 0 Å². The molecule has 4 nitrogen and oxygen atoms in total. The van der Waals surface area contributed by atoms with E-state index in [0.717, 1.165) is 0 Å². The molecule has 0 aliphatic heterocycles. The molecule has 2 rings (SSSR count). The Bertz CT molecular complexity index is 673. The fourth-order valence-electron chi connectivity index (χ4n) is 1.78. The zero-order valence-corrected chi connectivity index (χ0v) is 11.9. The zero-order valence-electron chi connectivity index (χ0n) is 11.1. The zero-order chi connectivity index (χ0) is 15.4. The molecule has 0 radical (unpaired) electrons. The summed E-state index contributed by atoms with van der Waals surface area (Å²) in [6.07, 6.45) is 0. The number of ether oxygens (including phenoxy) is 2. The van der Waals surface area contributed by atoms with E-state index < -0.39 is 11.8 Å². The third-order valence-electron chi connectivity index (χ3n) is 2.80. The van der Waals surface area contributed by atoms with Crippen LogP contribution in [0.4, 0.5) is 4.39 Å². The monoisotopic (exact) mass is 310 g/mol. The number of methoxy groups -OCH3 is 1. The molecule has 0 saturated carbocycles. The van der Waals surface area contributed by atoms with Gasteiger partial charge < -0.3 is 14.6 Å². The van der Waals surface area contributed by atoms with Crippen LogP contribution in [0.15, 0.2) is 36.4 Å². The van der Waals surface area contributed by atoms with Crippen molar-refractivity contribution < 1.29 is 23.8 Å². The number of hydrogen-bond acceptors (Lipinski definition) is 3. The summed E-state index contributed by atoms with van der Waals surface area (Å²) in [5, 5.41) is 9.14. The van der Waals surface area contributed by atoms with Crippen LogP contribution in [-0.2, 0) is 6.61 Å². The maximum atomic E-state index is 13.1. The molecule has 2 aromatic carbocycles. The molecule has 0 spiro atoms. The van der Waals surface area contributed by atoms with Crippen molar-refractivity contribution in [2.45, 2.75) is 6.61 Å². The average Bonchev–Trinajstić information content (AvgIpc) is 2.48. The molecule has 0 heterocycles. The minimum absolute atomic E-state index is 0.0115. The van der Waals surface area contributed by atoms with Gasteiger partial charge in [-0.15, -0.1) is 0 Å². The molecule has 0 amide bonds. The van der Waals surface area contributed by atoms with E-state index in [1.807, 2.05) is 0 Å². The number of rotatable bonds is 5. The van der Waals surface area contributed by atoms with Gasteiger partial charge in [0, 0.05) is 0 Å². The van der Waals surface area contributed by atoms with E-state index in [1.165, 1.54) is 31.4 Å². The summed E-state index contributed by atoms with van der Waals surface area (Å²) in [6.45, 7) is 0.0423. The van der Waals surface area contributed by atoms with Gasteiger partial charge in [-0.3, -0.25) is 0 Å². The minimum Gasteiger partial charge on any atom is -0.493 e. The standard InChI is InChI=1S/C15H12ClFO4/c1-20-13-4-2-3-10(15(18)19)14(13)21-8-9-5-6-12(17)11(16)7-9/h2-7H,8H2,1H3,(H,18,19). The lowest BCUT2D eigenvalue weighted by Gasteiger charge is -2.13. The number of carboxylic acid groups (broad SMARTS) is 1. The van der Waals surface area contributed by atoms with Crippen molar-refractivity contribution in [2.75, 3.05) is 7.11 Å². The lowest BCUT2D eigenvalue weighted by molar-refractivity contribution is 0.0691. The lowest BCUT2D eigenvalue weighted by atomic mass is 10.2. The largest absolute Gasteiger partial charge is 0.493 e. The van der Waals surface area contributed by atoms with E-state index in [4.69, 9.17) is 26.2 Å². The van der Waals surface area contributed by atoms with Gasteiger partial charge in [0.05, 0.1) is 12.1 Å². The Hall–Kier alpha value is -2.27. The summed E-state index contributed by atoms with van der Waals surface area (Å²) < 4.78 is 23.7. The second-order valence-electron chi connectivity index (χ2n) is 4.18. The van der Waals surface area contributed by atoms with E-state index in [9.17, 15) is 9.18 Å². The van der Waals surface area contributed by atoms with Crippen molar-refractivity contribution in [1.82, 2.24) is 0 Å². The Balaban J connectivity index is 2.26. The van der Waals surface area contributed by atoms with E-state index in [1.54, 1.807) is 12.1 Å². The van der Waals surface area contributed by atoms with Crippen molar-refractivity contribution in [3.05, 3.63) is 58.4 Å². The van der Waals surface area contributed by atoms with Crippen LogP contribution < -0.4 is 9.47 Å².